The van der Waals surface area contributed by atoms with Crippen LogP contribution in [0.15, 0.2) is 67.3 Å². The Labute approximate surface area is 147 Å². The van der Waals surface area contributed by atoms with Gasteiger partial charge in [0.1, 0.15) is 12.7 Å². The Morgan fingerprint density at radius 1 is 1.00 bits per heavy atom. The van der Waals surface area contributed by atoms with Crippen molar-refractivity contribution in [2.45, 2.75) is 12.1 Å². The van der Waals surface area contributed by atoms with Crippen molar-refractivity contribution in [3.8, 4) is 5.69 Å². The Balaban J connectivity index is 1.83. The summed E-state index contributed by atoms with van der Waals surface area (Å²) in [6, 6.07) is 12.7. The number of halogens is 4. The summed E-state index contributed by atoms with van der Waals surface area (Å²) >= 11 is 5.75. The van der Waals surface area contributed by atoms with Crippen molar-refractivity contribution in [1.29, 1.82) is 0 Å². The van der Waals surface area contributed by atoms with Gasteiger partial charge in [-0.3, -0.25) is 0 Å². The number of nitrogens with zero attached hydrogens (tertiary/aromatic N) is 3. The molecule has 1 unspecified atom stereocenters. The Morgan fingerprint density at radius 2 is 1.68 bits per heavy atom. The highest BCUT2D eigenvalue weighted by Crippen LogP contribution is 2.36. The molecule has 1 heterocycles. The van der Waals surface area contributed by atoms with E-state index in [0.717, 1.165) is 11.8 Å². The van der Waals surface area contributed by atoms with Crippen LogP contribution in [0.5, 0.6) is 0 Å². The van der Waals surface area contributed by atoms with E-state index in [-0.39, 0.29) is 5.56 Å². The van der Waals surface area contributed by atoms with Crippen LogP contribution in [-0.2, 0) is 0 Å². The largest absolute Gasteiger partial charge is 0.399 e. The minimum absolute atomic E-state index is 0.146. The molecule has 7 heteroatoms. The van der Waals surface area contributed by atoms with Gasteiger partial charge in [-0.15, -0.1) is 0 Å². The average Bonchev–Trinajstić information content (AvgIpc) is 3.11. The number of alkyl halides is 3. The van der Waals surface area contributed by atoms with Gasteiger partial charge < -0.3 is 0 Å². The topological polar surface area (TPSA) is 30.7 Å². The summed E-state index contributed by atoms with van der Waals surface area (Å²) in [5, 5.41) is 4.40. The van der Waals surface area contributed by atoms with Crippen molar-refractivity contribution < 1.29 is 13.2 Å². The molecule has 0 aliphatic rings. The van der Waals surface area contributed by atoms with Gasteiger partial charge in [0, 0.05) is 5.02 Å². The quantitative estimate of drug-likeness (QED) is 0.631. The van der Waals surface area contributed by atoms with Crippen LogP contribution in [0.3, 0.4) is 0 Å². The Morgan fingerprint density at radius 3 is 2.24 bits per heavy atom. The van der Waals surface area contributed by atoms with Crippen molar-refractivity contribution in [2.24, 2.45) is 0 Å². The zero-order chi connectivity index (χ0) is 17.9. The molecule has 2 aromatic carbocycles. The van der Waals surface area contributed by atoms with Gasteiger partial charge in [-0.25, -0.2) is 9.67 Å². The minimum atomic E-state index is -4.38. The van der Waals surface area contributed by atoms with E-state index in [1.54, 1.807) is 35.3 Å². The molecule has 0 aliphatic carbocycles. The summed E-state index contributed by atoms with van der Waals surface area (Å²) in [7, 11) is 0. The Kier molecular flexibility index (Phi) is 4.90. The standard InChI is InChI=1S/C18H13ClF3N3/c19-15-6-4-14(5-7-15)17(18(20,21)22)10-3-13-1-8-16(9-2-13)25-12-23-11-24-25/h1-12,17H/b10-3+. The molecule has 3 rings (SSSR count). The molecule has 25 heavy (non-hydrogen) atoms. The van der Waals surface area contributed by atoms with E-state index in [4.69, 9.17) is 11.6 Å². The second-order valence-corrected chi connectivity index (χ2v) is 5.80. The van der Waals surface area contributed by atoms with E-state index in [9.17, 15) is 13.2 Å². The van der Waals surface area contributed by atoms with Crippen LogP contribution in [0, 0.1) is 0 Å². The number of benzene rings is 2. The molecular formula is C18H13ClF3N3. The number of hydrogen-bond acceptors (Lipinski definition) is 2. The number of allylic oxidation sites excluding steroid dienone is 1. The van der Waals surface area contributed by atoms with Crippen LogP contribution >= 0.6 is 11.6 Å². The summed E-state index contributed by atoms with van der Waals surface area (Å²) in [5.41, 5.74) is 1.58. The number of aromatic nitrogens is 3. The van der Waals surface area contributed by atoms with Crippen LogP contribution in [0.2, 0.25) is 5.02 Å². The maximum atomic E-state index is 13.4. The van der Waals surface area contributed by atoms with E-state index in [2.05, 4.69) is 10.1 Å². The highest BCUT2D eigenvalue weighted by atomic mass is 35.5. The predicted octanol–water partition coefficient (Wildman–Crippen LogP) is 5.28. The third-order valence-electron chi connectivity index (χ3n) is 3.64. The Bertz CT molecular complexity index is 839. The summed E-state index contributed by atoms with van der Waals surface area (Å²) in [4.78, 5) is 3.85. The third-order valence-corrected chi connectivity index (χ3v) is 3.89. The molecule has 128 valence electrons. The first-order valence-electron chi connectivity index (χ1n) is 7.39. The maximum Gasteiger partial charge on any atom is 0.399 e. The lowest BCUT2D eigenvalue weighted by Crippen LogP contribution is -2.18. The van der Waals surface area contributed by atoms with Crippen molar-refractivity contribution in [2.75, 3.05) is 0 Å². The highest BCUT2D eigenvalue weighted by Gasteiger charge is 2.38. The van der Waals surface area contributed by atoms with E-state index < -0.39 is 12.1 Å². The zero-order valence-corrected chi connectivity index (χ0v) is 13.6. The molecule has 0 bridgehead atoms. The van der Waals surface area contributed by atoms with Gasteiger partial charge in [0.05, 0.1) is 11.6 Å². The summed E-state index contributed by atoms with van der Waals surface area (Å²) in [5.74, 6) is -1.69. The fourth-order valence-electron chi connectivity index (χ4n) is 2.37. The fraction of sp³-hybridized carbons (Fsp3) is 0.111. The second-order valence-electron chi connectivity index (χ2n) is 5.36. The van der Waals surface area contributed by atoms with Gasteiger partial charge in [0.15, 0.2) is 0 Å². The fourth-order valence-corrected chi connectivity index (χ4v) is 2.49. The molecule has 0 radical (unpaired) electrons. The normalized spacial score (nSPS) is 13.3. The van der Waals surface area contributed by atoms with Crippen LogP contribution < -0.4 is 0 Å². The maximum absolute atomic E-state index is 13.4. The zero-order valence-electron chi connectivity index (χ0n) is 12.9. The van der Waals surface area contributed by atoms with Gasteiger partial charge >= 0.3 is 6.18 Å². The van der Waals surface area contributed by atoms with E-state index in [0.29, 0.717) is 10.6 Å². The molecule has 3 aromatic rings. The third kappa shape index (κ3) is 4.28. The van der Waals surface area contributed by atoms with Gasteiger partial charge in [0.25, 0.3) is 0 Å². The summed E-state index contributed by atoms with van der Waals surface area (Å²) in [6.07, 6.45) is 1.18. The predicted molar refractivity (Wildman–Crippen MR) is 90.6 cm³/mol. The first-order valence-corrected chi connectivity index (χ1v) is 7.77. The molecule has 0 aliphatic heterocycles. The molecule has 0 saturated carbocycles. The Hall–Kier alpha value is -2.60. The minimum Gasteiger partial charge on any atom is -0.223 e. The molecule has 0 amide bonds. The van der Waals surface area contributed by atoms with Gasteiger partial charge in [-0.05, 0) is 35.4 Å². The first kappa shape index (κ1) is 17.2. The van der Waals surface area contributed by atoms with E-state index in [1.807, 2.05) is 0 Å². The van der Waals surface area contributed by atoms with Crippen molar-refractivity contribution in [3.63, 3.8) is 0 Å². The monoisotopic (exact) mass is 363 g/mol. The number of hydrogen-bond donors (Lipinski definition) is 0. The van der Waals surface area contributed by atoms with Crippen LogP contribution in [0.4, 0.5) is 13.2 Å². The lowest BCUT2D eigenvalue weighted by molar-refractivity contribution is -0.139. The molecule has 0 spiro atoms. The van der Waals surface area contributed by atoms with Gasteiger partial charge in [0.2, 0.25) is 0 Å². The molecule has 1 aromatic heterocycles. The molecule has 0 fully saturated rings. The molecular weight excluding hydrogens is 351 g/mol. The van der Waals surface area contributed by atoms with Crippen LogP contribution in [0.1, 0.15) is 17.0 Å². The molecule has 1 atom stereocenters. The van der Waals surface area contributed by atoms with Crippen molar-refractivity contribution >= 4 is 17.7 Å². The smallest absolute Gasteiger partial charge is 0.223 e. The van der Waals surface area contributed by atoms with Crippen molar-refractivity contribution in [1.82, 2.24) is 14.8 Å². The lowest BCUT2D eigenvalue weighted by Gasteiger charge is -2.17. The van der Waals surface area contributed by atoms with E-state index >= 15 is 0 Å². The first-order chi connectivity index (χ1) is 11.9. The van der Waals surface area contributed by atoms with E-state index in [1.165, 1.54) is 36.7 Å². The van der Waals surface area contributed by atoms with Gasteiger partial charge in [-0.1, -0.05) is 48.0 Å². The van der Waals surface area contributed by atoms with Crippen LogP contribution in [-0.4, -0.2) is 20.9 Å². The van der Waals surface area contributed by atoms with Gasteiger partial charge in [-0.2, -0.15) is 18.3 Å². The second kappa shape index (κ2) is 7.11. The SMILES string of the molecule is FC(F)(F)C(/C=C/c1ccc(-n2cncn2)cc1)c1ccc(Cl)cc1. The molecule has 0 saturated heterocycles. The van der Waals surface area contributed by atoms with Crippen LogP contribution in [0.25, 0.3) is 11.8 Å². The average molecular weight is 364 g/mol. The summed E-state index contributed by atoms with van der Waals surface area (Å²) < 4.78 is 41.6. The molecule has 0 N–H and O–H groups in total. The number of rotatable bonds is 4. The summed E-state index contributed by atoms with van der Waals surface area (Å²) in [6.45, 7) is 0. The molecule has 3 nitrogen and oxygen atoms in total. The van der Waals surface area contributed by atoms with Crippen molar-refractivity contribution in [3.05, 3.63) is 83.4 Å². The highest BCUT2D eigenvalue weighted by molar-refractivity contribution is 6.30. The lowest BCUT2D eigenvalue weighted by atomic mass is 9.97.